The van der Waals surface area contributed by atoms with Crippen LogP contribution >= 0.6 is 27.3 Å². The number of morpholine rings is 1. The molecule has 0 spiro atoms. The van der Waals surface area contributed by atoms with E-state index in [-0.39, 0.29) is 17.6 Å². The molecule has 0 radical (unpaired) electrons. The Hall–Kier alpha value is 0.0600. The highest BCUT2D eigenvalue weighted by molar-refractivity contribution is 9.10. The van der Waals surface area contributed by atoms with Gasteiger partial charge in [-0.2, -0.15) is 0 Å². The molecule has 2 atom stereocenters. The second-order valence-corrected chi connectivity index (χ2v) is 7.60. The SMILES string of the molecule is CCC(N)C(c1cc(Br)cs1)N1CCOCC1(C)C. The molecular formula is C14H23BrN2OS. The van der Waals surface area contributed by atoms with Crippen molar-refractivity contribution in [3.63, 3.8) is 0 Å². The summed E-state index contributed by atoms with van der Waals surface area (Å²) in [6.07, 6.45) is 0.980. The molecule has 2 unspecified atom stereocenters. The Morgan fingerprint density at radius 2 is 2.32 bits per heavy atom. The lowest BCUT2D eigenvalue weighted by Gasteiger charge is -2.48. The van der Waals surface area contributed by atoms with Crippen molar-refractivity contribution in [2.24, 2.45) is 5.73 Å². The molecule has 1 fully saturated rings. The first-order chi connectivity index (χ1) is 8.95. The van der Waals surface area contributed by atoms with E-state index in [1.807, 2.05) is 0 Å². The number of ether oxygens (including phenoxy) is 1. The average molecular weight is 347 g/mol. The third-order valence-corrected chi connectivity index (χ3v) is 5.57. The molecule has 19 heavy (non-hydrogen) atoms. The van der Waals surface area contributed by atoms with Crippen LogP contribution < -0.4 is 5.73 Å². The van der Waals surface area contributed by atoms with Gasteiger partial charge in [0.1, 0.15) is 0 Å². The molecule has 108 valence electrons. The van der Waals surface area contributed by atoms with E-state index in [0.29, 0.717) is 0 Å². The lowest BCUT2D eigenvalue weighted by Crippen LogP contribution is -2.57. The standard InChI is InChI=1S/C14H23BrN2OS/c1-4-11(16)13(12-7-10(15)8-19-12)17-5-6-18-9-14(17,2)3/h7-8,11,13H,4-6,9,16H2,1-3H3. The first-order valence-corrected chi connectivity index (χ1v) is 8.47. The minimum Gasteiger partial charge on any atom is -0.378 e. The summed E-state index contributed by atoms with van der Waals surface area (Å²) in [5, 5.41) is 2.14. The summed E-state index contributed by atoms with van der Waals surface area (Å²) in [4.78, 5) is 3.86. The van der Waals surface area contributed by atoms with E-state index in [2.05, 4.69) is 53.0 Å². The highest BCUT2D eigenvalue weighted by atomic mass is 79.9. The minimum absolute atomic E-state index is 0.0339. The molecule has 2 N–H and O–H groups in total. The predicted octanol–water partition coefficient (Wildman–Crippen LogP) is 3.40. The third-order valence-electron chi connectivity index (χ3n) is 3.80. The molecule has 1 aromatic rings. The van der Waals surface area contributed by atoms with Crippen molar-refractivity contribution >= 4 is 27.3 Å². The van der Waals surface area contributed by atoms with Gasteiger partial charge in [0.25, 0.3) is 0 Å². The molecule has 2 heterocycles. The van der Waals surface area contributed by atoms with Crippen LogP contribution in [0.1, 0.15) is 38.1 Å². The minimum atomic E-state index is 0.0339. The summed E-state index contributed by atoms with van der Waals surface area (Å²) >= 11 is 5.34. The van der Waals surface area contributed by atoms with Crippen LogP contribution in [0.4, 0.5) is 0 Å². The zero-order valence-electron chi connectivity index (χ0n) is 11.9. The highest BCUT2D eigenvalue weighted by Crippen LogP contribution is 2.37. The first kappa shape index (κ1) is 15.4. The zero-order chi connectivity index (χ0) is 14.0. The summed E-state index contributed by atoms with van der Waals surface area (Å²) in [6.45, 7) is 9.15. The Bertz CT molecular complexity index is 421. The van der Waals surface area contributed by atoms with Gasteiger partial charge in [0, 0.05) is 32.9 Å². The average Bonchev–Trinajstić information content (AvgIpc) is 2.77. The molecule has 0 aromatic carbocycles. The van der Waals surface area contributed by atoms with Gasteiger partial charge < -0.3 is 10.5 Å². The number of thiophene rings is 1. The monoisotopic (exact) mass is 346 g/mol. The largest absolute Gasteiger partial charge is 0.378 e. The lowest BCUT2D eigenvalue weighted by molar-refractivity contribution is -0.0770. The number of halogens is 1. The smallest absolute Gasteiger partial charge is 0.0645 e. The third kappa shape index (κ3) is 3.39. The fourth-order valence-corrected chi connectivity index (χ4v) is 4.32. The van der Waals surface area contributed by atoms with Crippen LogP contribution in [-0.2, 0) is 4.74 Å². The summed E-state index contributed by atoms with van der Waals surface area (Å²) in [5.74, 6) is 0. The van der Waals surface area contributed by atoms with Crippen molar-refractivity contribution in [2.45, 2.75) is 44.8 Å². The molecule has 0 aliphatic carbocycles. The number of hydrogen-bond acceptors (Lipinski definition) is 4. The van der Waals surface area contributed by atoms with E-state index in [0.717, 1.165) is 30.7 Å². The summed E-state index contributed by atoms with van der Waals surface area (Å²) < 4.78 is 6.78. The maximum Gasteiger partial charge on any atom is 0.0645 e. The van der Waals surface area contributed by atoms with Gasteiger partial charge in [0.05, 0.1) is 19.3 Å². The maximum absolute atomic E-state index is 6.42. The number of rotatable bonds is 4. The van der Waals surface area contributed by atoms with E-state index < -0.39 is 0 Å². The topological polar surface area (TPSA) is 38.5 Å². The maximum atomic E-state index is 6.42. The van der Waals surface area contributed by atoms with E-state index in [1.165, 1.54) is 4.88 Å². The number of hydrogen-bond donors (Lipinski definition) is 1. The molecule has 2 rings (SSSR count). The van der Waals surface area contributed by atoms with Gasteiger partial charge in [0.15, 0.2) is 0 Å². The summed E-state index contributed by atoms with van der Waals surface area (Å²) in [5.41, 5.74) is 6.45. The Morgan fingerprint density at radius 1 is 1.58 bits per heavy atom. The van der Waals surface area contributed by atoms with Crippen LogP contribution in [0, 0.1) is 0 Å². The van der Waals surface area contributed by atoms with Crippen LogP contribution in [0.15, 0.2) is 15.9 Å². The molecule has 0 amide bonds. The quantitative estimate of drug-likeness (QED) is 0.907. The van der Waals surface area contributed by atoms with Crippen LogP contribution in [0.3, 0.4) is 0 Å². The van der Waals surface area contributed by atoms with E-state index in [4.69, 9.17) is 10.5 Å². The van der Waals surface area contributed by atoms with Crippen molar-refractivity contribution in [2.75, 3.05) is 19.8 Å². The van der Waals surface area contributed by atoms with E-state index >= 15 is 0 Å². The van der Waals surface area contributed by atoms with Gasteiger partial charge in [-0.05, 0) is 42.3 Å². The second-order valence-electron chi connectivity index (χ2n) is 5.74. The van der Waals surface area contributed by atoms with Gasteiger partial charge in [-0.15, -0.1) is 11.3 Å². The van der Waals surface area contributed by atoms with Crippen LogP contribution in [0.2, 0.25) is 0 Å². The highest BCUT2D eigenvalue weighted by Gasteiger charge is 2.38. The Balaban J connectivity index is 2.32. The molecule has 3 nitrogen and oxygen atoms in total. The van der Waals surface area contributed by atoms with Gasteiger partial charge in [-0.1, -0.05) is 6.92 Å². The molecule has 1 aromatic heterocycles. The number of nitrogens with two attached hydrogens (primary N) is 1. The van der Waals surface area contributed by atoms with Gasteiger partial charge in [-0.25, -0.2) is 0 Å². The van der Waals surface area contributed by atoms with Crippen LogP contribution in [0.25, 0.3) is 0 Å². The van der Waals surface area contributed by atoms with Gasteiger partial charge >= 0.3 is 0 Å². The van der Waals surface area contributed by atoms with E-state index in [9.17, 15) is 0 Å². The molecule has 5 heteroatoms. The van der Waals surface area contributed by atoms with Crippen molar-refractivity contribution in [1.29, 1.82) is 0 Å². The molecule has 0 saturated carbocycles. The summed E-state index contributed by atoms with van der Waals surface area (Å²) in [6, 6.07) is 2.64. The fraction of sp³-hybridized carbons (Fsp3) is 0.714. The van der Waals surface area contributed by atoms with Crippen molar-refractivity contribution in [3.05, 3.63) is 20.8 Å². The molecule has 1 saturated heterocycles. The molecule has 0 bridgehead atoms. The second kappa shape index (κ2) is 6.22. The molecule has 1 aliphatic rings. The molecule has 1 aliphatic heterocycles. The fourth-order valence-electron chi connectivity index (χ4n) is 2.69. The normalized spacial score (nSPS) is 23.2. The molecular weight excluding hydrogens is 324 g/mol. The number of nitrogens with zero attached hydrogens (tertiary/aromatic N) is 1. The lowest BCUT2D eigenvalue weighted by atomic mass is 9.94. The first-order valence-electron chi connectivity index (χ1n) is 6.79. The van der Waals surface area contributed by atoms with Crippen molar-refractivity contribution < 1.29 is 4.74 Å². The van der Waals surface area contributed by atoms with Gasteiger partial charge in [-0.3, -0.25) is 4.90 Å². The Morgan fingerprint density at radius 3 is 2.84 bits per heavy atom. The van der Waals surface area contributed by atoms with Crippen LogP contribution in [0.5, 0.6) is 0 Å². The zero-order valence-corrected chi connectivity index (χ0v) is 14.3. The van der Waals surface area contributed by atoms with Crippen LogP contribution in [-0.4, -0.2) is 36.2 Å². The Kier molecular flexibility index (Phi) is 5.06. The van der Waals surface area contributed by atoms with E-state index in [1.54, 1.807) is 11.3 Å². The van der Waals surface area contributed by atoms with Gasteiger partial charge in [0.2, 0.25) is 0 Å². The Labute approximate surface area is 128 Å². The van der Waals surface area contributed by atoms with Crippen molar-refractivity contribution in [1.82, 2.24) is 4.90 Å². The summed E-state index contributed by atoms with van der Waals surface area (Å²) in [7, 11) is 0. The predicted molar refractivity (Wildman–Crippen MR) is 84.6 cm³/mol. The van der Waals surface area contributed by atoms with Crippen molar-refractivity contribution in [3.8, 4) is 0 Å².